The van der Waals surface area contributed by atoms with Crippen LogP contribution in [0.1, 0.15) is 31.7 Å². The summed E-state index contributed by atoms with van der Waals surface area (Å²) in [6.07, 6.45) is 1.92. The van der Waals surface area contributed by atoms with E-state index in [9.17, 15) is 15.2 Å². The summed E-state index contributed by atoms with van der Waals surface area (Å²) in [5, 5.41) is 23.4. The van der Waals surface area contributed by atoms with Crippen LogP contribution in [0.4, 0.5) is 0 Å². The van der Waals surface area contributed by atoms with Crippen LogP contribution in [-0.4, -0.2) is 26.9 Å². The van der Waals surface area contributed by atoms with Gasteiger partial charge in [0.2, 0.25) is 0 Å². The van der Waals surface area contributed by atoms with E-state index in [1.807, 2.05) is 6.92 Å². The lowest BCUT2D eigenvalue weighted by Gasteiger charge is -1.97. The van der Waals surface area contributed by atoms with E-state index in [-0.39, 0.29) is 21.1 Å². The van der Waals surface area contributed by atoms with Gasteiger partial charge in [0.25, 0.3) is 0 Å². The number of rotatable bonds is 4. The minimum absolute atomic E-state index is 0.0331. The van der Waals surface area contributed by atoms with Gasteiger partial charge in [0.05, 0.1) is 15.3 Å². The van der Waals surface area contributed by atoms with Crippen molar-refractivity contribution in [1.29, 1.82) is 0 Å². The van der Waals surface area contributed by atoms with Crippen LogP contribution in [0.5, 0.6) is 0 Å². The average molecular weight is 246 g/mol. The molecule has 18 heavy (non-hydrogen) atoms. The highest BCUT2D eigenvalue weighted by molar-refractivity contribution is 6.68. The molecule has 5 nitrogen and oxygen atoms in total. The van der Waals surface area contributed by atoms with Gasteiger partial charge >= 0.3 is 17.2 Å². The molecule has 0 amide bonds. The third-order valence-corrected chi connectivity index (χ3v) is 2.88. The van der Waals surface area contributed by atoms with Crippen molar-refractivity contribution in [2.24, 2.45) is 0 Å². The number of nitrogens with zero attached hydrogens (tertiary/aromatic N) is 2. The molecule has 0 spiro atoms. The Hall–Kier alpha value is -2.17. The standard InChI is InChI=1S/C13H14N2O3/c1-2-3-9-11-13(16)12(15(18)14(11)17)10-7-5-4-6-8-10/h4-8H,2-3,9H2,1H3. The first-order valence-electron chi connectivity index (χ1n) is 5.94. The van der Waals surface area contributed by atoms with Gasteiger partial charge < -0.3 is 10.4 Å². The van der Waals surface area contributed by atoms with Gasteiger partial charge in [-0.2, -0.15) is 0 Å². The van der Waals surface area contributed by atoms with Crippen molar-refractivity contribution >= 4 is 17.2 Å². The Bertz CT molecular complexity index is 532. The summed E-state index contributed by atoms with van der Waals surface area (Å²) < 4.78 is 0. The lowest BCUT2D eigenvalue weighted by atomic mass is 10.0. The summed E-state index contributed by atoms with van der Waals surface area (Å²) in [5.74, 6) is -0.459. The Labute approximate surface area is 105 Å². The van der Waals surface area contributed by atoms with Crippen molar-refractivity contribution in [2.45, 2.75) is 26.2 Å². The number of hydrogen-bond acceptors (Lipinski definition) is 3. The van der Waals surface area contributed by atoms with Gasteiger partial charge in [-0.15, -0.1) is 0 Å². The maximum Gasteiger partial charge on any atom is 0.348 e. The van der Waals surface area contributed by atoms with E-state index >= 15 is 0 Å². The van der Waals surface area contributed by atoms with E-state index in [0.717, 1.165) is 12.8 Å². The normalized spacial score (nSPS) is 15.7. The second kappa shape index (κ2) is 5.00. The van der Waals surface area contributed by atoms with Gasteiger partial charge in [0.15, 0.2) is 0 Å². The molecule has 0 fully saturated rings. The highest BCUT2D eigenvalue weighted by Gasteiger charge is 2.44. The first-order chi connectivity index (χ1) is 8.66. The predicted molar refractivity (Wildman–Crippen MR) is 67.3 cm³/mol. The molecule has 0 bridgehead atoms. The lowest BCUT2D eigenvalue weighted by Crippen LogP contribution is -2.22. The van der Waals surface area contributed by atoms with Gasteiger partial charge in [-0.1, -0.05) is 31.5 Å². The molecule has 2 rings (SSSR count). The molecule has 5 heteroatoms. The Kier molecular flexibility index (Phi) is 3.41. The van der Waals surface area contributed by atoms with Crippen molar-refractivity contribution in [3.05, 3.63) is 46.3 Å². The molecule has 0 aromatic heterocycles. The minimum atomic E-state index is -0.459. The Morgan fingerprint density at radius 3 is 2.39 bits per heavy atom. The fourth-order valence-electron chi connectivity index (χ4n) is 1.90. The number of carbonyl (C=O) groups excluding carboxylic acids is 1. The second-order valence-corrected chi connectivity index (χ2v) is 4.14. The van der Waals surface area contributed by atoms with Crippen molar-refractivity contribution in [2.75, 3.05) is 0 Å². The molecule has 0 N–H and O–H groups in total. The van der Waals surface area contributed by atoms with Crippen LogP contribution in [0.25, 0.3) is 0 Å². The Morgan fingerprint density at radius 2 is 1.78 bits per heavy atom. The predicted octanol–water partition coefficient (Wildman–Crippen LogP) is 1.63. The molecule has 0 unspecified atom stereocenters. The summed E-state index contributed by atoms with van der Waals surface area (Å²) in [5.41, 5.74) is 0.423. The zero-order chi connectivity index (χ0) is 13.1. The smallest absolute Gasteiger partial charge is 0.348 e. The molecule has 94 valence electrons. The number of carbonyl (C=O) groups is 1. The van der Waals surface area contributed by atoms with E-state index in [1.165, 1.54) is 0 Å². The van der Waals surface area contributed by atoms with Crippen molar-refractivity contribution in [1.82, 2.24) is 0 Å². The van der Waals surface area contributed by atoms with Crippen molar-refractivity contribution < 1.29 is 14.5 Å². The van der Waals surface area contributed by atoms with E-state index in [0.29, 0.717) is 12.0 Å². The molecule has 0 radical (unpaired) electrons. The fourth-order valence-corrected chi connectivity index (χ4v) is 1.90. The maximum atomic E-state index is 12.1. The van der Waals surface area contributed by atoms with Crippen LogP contribution in [0.3, 0.4) is 0 Å². The number of ketones is 1. The third kappa shape index (κ3) is 1.99. The molecule has 0 saturated heterocycles. The SMILES string of the molecule is CCCCC1=[N+]([O-])[N+]([O-])=C(c2ccccc2)C1=O. The van der Waals surface area contributed by atoms with Gasteiger partial charge in [-0.3, -0.25) is 4.79 Å². The first-order valence-corrected chi connectivity index (χ1v) is 5.94. The quantitative estimate of drug-likeness (QED) is 0.598. The van der Waals surface area contributed by atoms with Gasteiger partial charge in [-0.05, 0) is 18.6 Å². The summed E-state index contributed by atoms with van der Waals surface area (Å²) in [6.45, 7) is 1.96. The number of hydrogen-bond donors (Lipinski definition) is 0. The number of hydrazine groups is 1. The average Bonchev–Trinajstić information content (AvgIpc) is 2.60. The van der Waals surface area contributed by atoms with Crippen LogP contribution in [-0.2, 0) is 4.79 Å². The lowest BCUT2D eigenvalue weighted by molar-refractivity contribution is -1.05. The molecular formula is C13H14N2O3. The molecule has 0 atom stereocenters. The number of hydrazone groups is 2. The van der Waals surface area contributed by atoms with E-state index < -0.39 is 5.78 Å². The molecule has 1 aliphatic rings. The van der Waals surface area contributed by atoms with Crippen molar-refractivity contribution in [3.63, 3.8) is 0 Å². The number of unbranched alkanes of at least 4 members (excludes halogenated alkanes) is 1. The molecule has 0 aliphatic carbocycles. The molecule has 0 saturated carbocycles. The zero-order valence-corrected chi connectivity index (χ0v) is 10.1. The van der Waals surface area contributed by atoms with E-state index in [4.69, 9.17) is 0 Å². The largest absolute Gasteiger partial charge is 0.561 e. The van der Waals surface area contributed by atoms with E-state index in [1.54, 1.807) is 30.3 Å². The summed E-state index contributed by atoms with van der Waals surface area (Å²) in [7, 11) is 0. The fraction of sp³-hybridized carbons (Fsp3) is 0.308. The summed E-state index contributed by atoms with van der Waals surface area (Å²) >= 11 is 0. The Balaban J connectivity index is 2.35. The van der Waals surface area contributed by atoms with Crippen LogP contribution in [0.15, 0.2) is 30.3 Å². The van der Waals surface area contributed by atoms with Crippen LogP contribution >= 0.6 is 0 Å². The van der Waals surface area contributed by atoms with Crippen molar-refractivity contribution in [3.8, 4) is 0 Å². The monoisotopic (exact) mass is 246 g/mol. The molecule has 1 aromatic rings. The third-order valence-electron chi connectivity index (χ3n) is 2.88. The van der Waals surface area contributed by atoms with Gasteiger partial charge in [-0.25, -0.2) is 0 Å². The zero-order valence-electron chi connectivity index (χ0n) is 10.1. The number of benzene rings is 1. The Morgan fingerprint density at radius 1 is 1.11 bits per heavy atom. The topological polar surface area (TPSA) is 69.2 Å². The molecule has 1 heterocycles. The van der Waals surface area contributed by atoms with Gasteiger partial charge in [0, 0.05) is 6.42 Å². The highest BCUT2D eigenvalue weighted by atomic mass is 16.7. The molecule has 1 aliphatic heterocycles. The highest BCUT2D eigenvalue weighted by Crippen LogP contribution is 2.11. The first kappa shape index (κ1) is 12.3. The maximum absolute atomic E-state index is 12.1. The number of Topliss-reactive ketones (excluding diaryl/α,β-unsaturated/α-hetero) is 1. The van der Waals surface area contributed by atoms with Crippen LogP contribution in [0.2, 0.25) is 0 Å². The van der Waals surface area contributed by atoms with E-state index in [2.05, 4.69) is 0 Å². The second-order valence-electron chi connectivity index (χ2n) is 4.14. The van der Waals surface area contributed by atoms with Gasteiger partial charge in [0.1, 0.15) is 0 Å². The minimum Gasteiger partial charge on any atom is -0.561 e. The summed E-state index contributed by atoms with van der Waals surface area (Å²) in [6, 6.07) is 8.53. The molecular weight excluding hydrogens is 232 g/mol. The van der Waals surface area contributed by atoms with Crippen LogP contribution in [0, 0.1) is 10.4 Å². The summed E-state index contributed by atoms with van der Waals surface area (Å²) in [4.78, 5) is 12.4. The molecule has 1 aromatic carbocycles. The van der Waals surface area contributed by atoms with Crippen LogP contribution < -0.4 is 0 Å².